The van der Waals surface area contributed by atoms with Crippen molar-refractivity contribution in [3.63, 3.8) is 0 Å². The highest BCUT2D eigenvalue weighted by Crippen LogP contribution is 2.31. The molecular formula is C21H25ClN6O2. The van der Waals surface area contributed by atoms with E-state index in [9.17, 15) is 10.4 Å². The molecule has 158 valence electrons. The van der Waals surface area contributed by atoms with Crippen molar-refractivity contribution >= 4 is 23.7 Å². The van der Waals surface area contributed by atoms with Crippen molar-refractivity contribution < 1.29 is 9.84 Å². The summed E-state index contributed by atoms with van der Waals surface area (Å²) in [6.45, 7) is 5.87. The van der Waals surface area contributed by atoms with E-state index in [1.807, 2.05) is 31.3 Å². The molecule has 0 bridgehead atoms. The zero-order valence-electron chi connectivity index (χ0n) is 16.8. The van der Waals surface area contributed by atoms with Crippen LogP contribution in [0.5, 0.6) is 5.75 Å². The molecule has 1 atom stereocenters. The number of nitrogens with zero attached hydrogens (tertiary/aromatic N) is 5. The first-order chi connectivity index (χ1) is 14.2. The van der Waals surface area contributed by atoms with Gasteiger partial charge in [-0.15, -0.1) is 12.4 Å². The number of aliphatic hydroxyl groups excluding tert-OH is 1. The molecule has 1 aliphatic heterocycles. The third-order valence-corrected chi connectivity index (χ3v) is 5.12. The number of halogens is 1. The first-order valence-electron chi connectivity index (χ1n) is 9.84. The summed E-state index contributed by atoms with van der Waals surface area (Å²) in [4.78, 5) is 6.90. The fourth-order valence-corrected chi connectivity index (χ4v) is 3.41. The van der Waals surface area contributed by atoms with Crippen molar-refractivity contribution in [3.05, 3.63) is 42.4 Å². The third-order valence-electron chi connectivity index (χ3n) is 5.12. The van der Waals surface area contributed by atoms with Crippen LogP contribution in [0.3, 0.4) is 0 Å². The highest BCUT2D eigenvalue weighted by Gasteiger charge is 2.16. The standard InChI is InChI=1S/C21H24N6O2.ClH/c1-2-17(28)14-29-18-9-19(21-16(10-22)12-25-27(21)13-18)15-3-4-20(24-11-15)26-7-5-23-6-8-26;/h3-4,9,11-13,17,23,28H,2,5-8,14H2,1H3;1H/t17-;/m1./s1. The van der Waals surface area contributed by atoms with Gasteiger partial charge in [-0.2, -0.15) is 10.4 Å². The summed E-state index contributed by atoms with van der Waals surface area (Å²) in [5.41, 5.74) is 2.91. The lowest BCUT2D eigenvalue weighted by atomic mass is 10.1. The Kier molecular flexibility index (Phi) is 7.11. The van der Waals surface area contributed by atoms with Crippen LogP contribution in [0, 0.1) is 11.3 Å². The Bertz CT molecular complexity index is 1020. The van der Waals surface area contributed by atoms with Gasteiger partial charge in [0.25, 0.3) is 0 Å². The summed E-state index contributed by atoms with van der Waals surface area (Å²) in [6.07, 6.45) is 5.19. The molecule has 9 heteroatoms. The van der Waals surface area contributed by atoms with Gasteiger partial charge >= 0.3 is 0 Å². The Morgan fingerprint density at radius 3 is 2.77 bits per heavy atom. The Balaban J connectivity index is 0.00000256. The van der Waals surface area contributed by atoms with Gasteiger partial charge in [-0.3, -0.25) is 0 Å². The smallest absolute Gasteiger partial charge is 0.138 e. The Labute approximate surface area is 181 Å². The van der Waals surface area contributed by atoms with Crippen LogP contribution in [0.2, 0.25) is 0 Å². The molecule has 0 unspecified atom stereocenters. The molecule has 0 saturated carbocycles. The first-order valence-corrected chi connectivity index (χ1v) is 9.84. The minimum Gasteiger partial charge on any atom is -0.489 e. The molecule has 30 heavy (non-hydrogen) atoms. The molecule has 0 radical (unpaired) electrons. The number of pyridine rings is 2. The predicted octanol–water partition coefficient (Wildman–Crippen LogP) is 2.25. The molecular weight excluding hydrogens is 404 g/mol. The van der Waals surface area contributed by atoms with Crippen LogP contribution < -0.4 is 15.0 Å². The van der Waals surface area contributed by atoms with E-state index in [2.05, 4.69) is 26.4 Å². The summed E-state index contributed by atoms with van der Waals surface area (Å²) in [5.74, 6) is 1.53. The fraction of sp³-hybridized carbons (Fsp3) is 0.381. The van der Waals surface area contributed by atoms with Crippen LogP contribution in [0.25, 0.3) is 16.6 Å². The van der Waals surface area contributed by atoms with Crippen LogP contribution in [0.4, 0.5) is 5.82 Å². The van der Waals surface area contributed by atoms with Crippen molar-refractivity contribution in [2.45, 2.75) is 19.4 Å². The number of nitrogens with one attached hydrogen (secondary N) is 1. The number of nitriles is 1. The molecule has 0 amide bonds. The lowest BCUT2D eigenvalue weighted by Crippen LogP contribution is -2.43. The molecule has 3 aromatic heterocycles. The quantitative estimate of drug-likeness (QED) is 0.621. The molecule has 0 aromatic carbocycles. The maximum Gasteiger partial charge on any atom is 0.138 e. The number of hydrogen-bond acceptors (Lipinski definition) is 7. The third kappa shape index (κ3) is 4.49. The van der Waals surface area contributed by atoms with Gasteiger partial charge in [-0.05, 0) is 24.6 Å². The van der Waals surface area contributed by atoms with Gasteiger partial charge in [0, 0.05) is 43.5 Å². The summed E-state index contributed by atoms with van der Waals surface area (Å²) in [7, 11) is 0. The van der Waals surface area contributed by atoms with Crippen molar-refractivity contribution in [1.29, 1.82) is 5.26 Å². The van der Waals surface area contributed by atoms with Gasteiger partial charge in [-0.25, -0.2) is 9.50 Å². The highest BCUT2D eigenvalue weighted by atomic mass is 35.5. The minimum absolute atomic E-state index is 0. The summed E-state index contributed by atoms with van der Waals surface area (Å²) in [5, 5.41) is 26.9. The van der Waals surface area contributed by atoms with Crippen molar-refractivity contribution in [2.75, 3.05) is 37.7 Å². The second-order valence-electron chi connectivity index (χ2n) is 7.07. The van der Waals surface area contributed by atoms with Crippen LogP contribution >= 0.6 is 12.4 Å². The molecule has 3 aromatic rings. The highest BCUT2D eigenvalue weighted by molar-refractivity contribution is 5.85. The number of aliphatic hydroxyl groups is 1. The number of aromatic nitrogens is 3. The Hall–Kier alpha value is -2.86. The molecule has 4 heterocycles. The number of anilines is 1. The Morgan fingerprint density at radius 2 is 2.10 bits per heavy atom. The van der Waals surface area contributed by atoms with Gasteiger partial charge in [0.2, 0.25) is 0 Å². The monoisotopic (exact) mass is 428 g/mol. The van der Waals surface area contributed by atoms with E-state index in [0.717, 1.165) is 43.1 Å². The van der Waals surface area contributed by atoms with Gasteiger partial charge in [0.15, 0.2) is 0 Å². The van der Waals surface area contributed by atoms with E-state index in [-0.39, 0.29) is 19.0 Å². The maximum absolute atomic E-state index is 9.81. The molecule has 4 rings (SSSR count). The van der Waals surface area contributed by atoms with Gasteiger partial charge in [-0.1, -0.05) is 6.92 Å². The molecule has 8 nitrogen and oxygen atoms in total. The van der Waals surface area contributed by atoms with E-state index in [1.54, 1.807) is 16.9 Å². The molecule has 0 spiro atoms. The van der Waals surface area contributed by atoms with Crippen molar-refractivity contribution in [3.8, 4) is 22.9 Å². The van der Waals surface area contributed by atoms with E-state index in [1.165, 1.54) is 0 Å². The zero-order chi connectivity index (χ0) is 20.2. The summed E-state index contributed by atoms with van der Waals surface area (Å²) >= 11 is 0. The largest absolute Gasteiger partial charge is 0.489 e. The average molecular weight is 429 g/mol. The first kappa shape index (κ1) is 21.8. The van der Waals surface area contributed by atoms with Gasteiger partial charge in [0.05, 0.1) is 29.6 Å². The predicted molar refractivity (Wildman–Crippen MR) is 117 cm³/mol. The summed E-state index contributed by atoms with van der Waals surface area (Å²) < 4.78 is 7.41. The number of hydrogen-bond donors (Lipinski definition) is 2. The number of fused-ring (bicyclic) bond motifs is 1. The SMILES string of the molecule is CC[C@@H](O)COc1cc(-c2ccc(N3CCNCC3)nc2)c2c(C#N)cnn2c1.Cl. The zero-order valence-corrected chi connectivity index (χ0v) is 17.6. The van der Waals surface area contributed by atoms with Gasteiger partial charge in [0.1, 0.15) is 24.2 Å². The van der Waals surface area contributed by atoms with E-state index >= 15 is 0 Å². The minimum atomic E-state index is -0.526. The van der Waals surface area contributed by atoms with E-state index in [0.29, 0.717) is 23.3 Å². The normalized spacial score (nSPS) is 14.8. The molecule has 1 fully saturated rings. The molecule has 0 aliphatic carbocycles. The van der Waals surface area contributed by atoms with Gasteiger partial charge < -0.3 is 20.1 Å². The molecule has 1 aliphatic rings. The number of ether oxygens (including phenoxy) is 1. The van der Waals surface area contributed by atoms with Crippen molar-refractivity contribution in [2.24, 2.45) is 0 Å². The maximum atomic E-state index is 9.81. The number of rotatable bonds is 6. The Morgan fingerprint density at radius 1 is 1.30 bits per heavy atom. The van der Waals surface area contributed by atoms with Crippen LogP contribution in [0.1, 0.15) is 18.9 Å². The lowest BCUT2D eigenvalue weighted by Gasteiger charge is -2.28. The second kappa shape index (κ2) is 9.76. The molecule has 2 N–H and O–H groups in total. The van der Waals surface area contributed by atoms with Crippen LogP contribution in [0.15, 0.2) is 36.8 Å². The lowest BCUT2D eigenvalue weighted by molar-refractivity contribution is 0.104. The van der Waals surface area contributed by atoms with Crippen LogP contribution in [-0.4, -0.2) is 58.6 Å². The molecule has 1 saturated heterocycles. The number of piperazine rings is 1. The topological polar surface area (TPSA) is 98.7 Å². The van der Waals surface area contributed by atoms with E-state index < -0.39 is 6.10 Å². The van der Waals surface area contributed by atoms with Crippen molar-refractivity contribution in [1.82, 2.24) is 19.9 Å². The van der Waals surface area contributed by atoms with E-state index in [4.69, 9.17) is 4.74 Å². The fourth-order valence-electron chi connectivity index (χ4n) is 3.41. The average Bonchev–Trinajstić information content (AvgIpc) is 3.20. The van der Waals surface area contributed by atoms with Crippen LogP contribution in [-0.2, 0) is 0 Å². The summed E-state index contributed by atoms with van der Waals surface area (Å²) in [6, 6.07) is 8.10. The second-order valence-corrected chi connectivity index (χ2v) is 7.07.